The van der Waals surface area contributed by atoms with Crippen LogP contribution in [0, 0.1) is 0 Å². The quantitative estimate of drug-likeness (QED) is 0.534. The number of methoxy groups -OCH3 is 1. The first-order valence-electron chi connectivity index (χ1n) is 7.07. The van der Waals surface area contributed by atoms with Crippen molar-refractivity contribution in [1.82, 2.24) is 0 Å². The molecule has 0 saturated heterocycles. The van der Waals surface area contributed by atoms with E-state index in [1.54, 1.807) is 18.2 Å². The van der Waals surface area contributed by atoms with Gasteiger partial charge in [0, 0.05) is 0 Å². The van der Waals surface area contributed by atoms with Crippen LogP contribution in [-0.2, 0) is 14.8 Å². The van der Waals surface area contributed by atoms with E-state index < -0.39 is 16.0 Å². The van der Waals surface area contributed by atoms with E-state index in [1.165, 1.54) is 31.4 Å². The predicted octanol–water partition coefficient (Wildman–Crippen LogP) is 2.34. The monoisotopic (exact) mass is 429 g/mol. The Morgan fingerprint density at radius 3 is 2.28 bits per heavy atom. The molecule has 0 aliphatic heterocycles. The van der Waals surface area contributed by atoms with Crippen LogP contribution in [0.2, 0.25) is 0 Å². The number of halogens is 1. The maximum atomic E-state index is 11.4. The molecular weight excluding hydrogens is 414 g/mol. The van der Waals surface area contributed by atoms with E-state index in [0.717, 1.165) is 0 Å². The topological polar surface area (TPSA) is 105 Å². The molecule has 0 bridgehead atoms. The summed E-state index contributed by atoms with van der Waals surface area (Å²) < 4.78 is 38.6. The van der Waals surface area contributed by atoms with Crippen molar-refractivity contribution in [2.45, 2.75) is 4.90 Å². The number of carbonyl (C=O) groups is 1. The fourth-order valence-corrected chi connectivity index (χ4v) is 2.91. The molecule has 134 valence electrons. The molecule has 0 fully saturated rings. The van der Waals surface area contributed by atoms with E-state index in [2.05, 4.69) is 20.7 Å². The lowest BCUT2D eigenvalue weighted by molar-refractivity contribution is 0.0600. The van der Waals surface area contributed by atoms with Crippen LogP contribution >= 0.6 is 15.9 Å². The summed E-state index contributed by atoms with van der Waals surface area (Å²) in [4.78, 5) is 11.4. The maximum absolute atomic E-state index is 11.4. The maximum Gasteiger partial charge on any atom is 0.337 e. The molecule has 0 aliphatic rings. The van der Waals surface area contributed by atoms with Gasteiger partial charge in [0.2, 0.25) is 10.0 Å². The number of hydrogen-bond donors (Lipinski definition) is 1. The Morgan fingerprint density at radius 2 is 1.72 bits per heavy atom. The summed E-state index contributed by atoms with van der Waals surface area (Å²) in [5.74, 6) is 0.621. The summed E-state index contributed by atoms with van der Waals surface area (Å²) in [6, 6.07) is 10.6. The van der Waals surface area contributed by atoms with Crippen LogP contribution in [0.4, 0.5) is 0 Å². The van der Waals surface area contributed by atoms with Crippen molar-refractivity contribution in [3.05, 3.63) is 52.5 Å². The molecule has 0 saturated carbocycles. The van der Waals surface area contributed by atoms with Gasteiger partial charge in [-0.3, -0.25) is 0 Å². The molecule has 0 spiro atoms. The second-order valence-electron chi connectivity index (χ2n) is 4.85. The first-order valence-corrected chi connectivity index (χ1v) is 9.41. The fourth-order valence-electron chi connectivity index (χ4n) is 1.90. The predicted molar refractivity (Wildman–Crippen MR) is 94.3 cm³/mol. The Morgan fingerprint density at radius 1 is 1.08 bits per heavy atom. The minimum atomic E-state index is -3.72. The van der Waals surface area contributed by atoms with E-state index in [4.69, 9.17) is 14.6 Å². The van der Waals surface area contributed by atoms with Crippen molar-refractivity contribution in [3.63, 3.8) is 0 Å². The number of nitrogens with two attached hydrogens (primary N) is 1. The van der Waals surface area contributed by atoms with Crippen LogP contribution < -0.4 is 14.6 Å². The SMILES string of the molecule is COC(=O)c1ccc(OCCOc2ccc(S(N)(=O)=O)cc2)c(Br)c1. The Bertz CT molecular complexity index is 851. The largest absolute Gasteiger partial charge is 0.490 e. The average Bonchev–Trinajstić information content (AvgIpc) is 2.58. The summed E-state index contributed by atoms with van der Waals surface area (Å²) in [5.41, 5.74) is 0.410. The van der Waals surface area contributed by atoms with Gasteiger partial charge in [0.15, 0.2) is 0 Å². The van der Waals surface area contributed by atoms with E-state index in [9.17, 15) is 13.2 Å². The molecule has 0 heterocycles. The molecule has 0 radical (unpaired) electrons. The van der Waals surface area contributed by atoms with Crippen LogP contribution in [0.5, 0.6) is 11.5 Å². The van der Waals surface area contributed by atoms with Crippen molar-refractivity contribution >= 4 is 31.9 Å². The lowest BCUT2D eigenvalue weighted by atomic mass is 10.2. The number of primary sulfonamides is 1. The van der Waals surface area contributed by atoms with E-state index in [1.807, 2.05) is 0 Å². The molecular formula is C16H16BrNO6S. The molecule has 2 N–H and O–H groups in total. The number of rotatable bonds is 7. The van der Waals surface area contributed by atoms with Gasteiger partial charge in [-0.25, -0.2) is 18.4 Å². The van der Waals surface area contributed by atoms with E-state index in [0.29, 0.717) is 21.5 Å². The molecule has 9 heteroatoms. The van der Waals surface area contributed by atoms with Crippen molar-refractivity contribution < 1.29 is 27.4 Å². The van der Waals surface area contributed by atoms with Crippen LogP contribution in [0.3, 0.4) is 0 Å². The number of benzene rings is 2. The summed E-state index contributed by atoms with van der Waals surface area (Å²) in [6.45, 7) is 0.507. The third-order valence-electron chi connectivity index (χ3n) is 3.11. The Balaban J connectivity index is 1.86. The Kier molecular flexibility index (Phi) is 6.40. The third-order valence-corrected chi connectivity index (χ3v) is 4.66. The second-order valence-corrected chi connectivity index (χ2v) is 7.27. The molecule has 0 unspecified atom stereocenters. The highest BCUT2D eigenvalue weighted by molar-refractivity contribution is 9.10. The summed E-state index contributed by atoms with van der Waals surface area (Å²) in [7, 11) is -2.40. The first-order chi connectivity index (χ1) is 11.8. The smallest absolute Gasteiger partial charge is 0.337 e. The summed E-state index contributed by atoms with van der Waals surface area (Å²) in [5, 5.41) is 5.02. The molecule has 0 aromatic heterocycles. The second kappa shape index (κ2) is 8.32. The van der Waals surface area contributed by atoms with Gasteiger partial charge >= 0.3 is 5.97 Å². The van der Waals surface area contributed by atoms with E-state index >= 15 is 0 Å². The molecule has 2 aromatic rings. The van der Waals surface area contributed by atoms with Crippen molar-refractivity contribution in [2.75, 3.05) is 20.3 Å². The average molecular weight is 430 g/mol. The van der Waals surface area contributed by atoms with Crippen LogP contribution in [0.1, 0.15) is 10.4 Å². The first kappa shape index (κ1) is 19.2. The summed E-state index contributed by atoms with van der Waals surface area (Å²) in [6.07, 6.45) is 0. The molecule has 7 nitrogen and oxygen atoms in total. The zero-order chi connectivity index (χ0) is 18.4. The lowest BCUT2D eigenvalue weighted by Gasteiger charge is -2.10. The van der Waals surface area contributed by atoms with Gasteiger partial charge in [-0.2, -0.15) is 0 Å². The lowest BCUT2D eigenvalue weighted by Crippen LogP contribution is -2.12. The zero-order valence-corrected chi connectivity index (χ0v) is 15.7. The van der Waals surface area contributed by atoms with Crippen LogP contribution in [-0.4, -0.2) is 34.7 Å². The fraction of sp³-hybridized carbons (Fsp3) is 0.188. The van der Waals surface area contributed by atoms with Gasteiger partial charge in [0.25, 0.3) is 0 Å². The molecule has 2 aromatic carbocycles. The van der Waals surface area contributed by atoms with Crippen LogP contribution in [0.25, 0.3) is 0 Å². The van der Waals surface area contributed by atoms with Gasteiger partial charge in [0.1, 0.15) is 24.7 Å². The van der Waals surface area contributed by atoms with Crippen molar-refractivity contribution in [1.29, 1.82) is 0 Å². The highest BCUT2D eigenvalue weighted by atomic mass is 79.9. The zero-order valence-electron chi connectivity index (χ0n) is 13.3. The minimum absolute atomic E-state index is 0.0192. The molecule has 0 atom stereocenters. The highest BCUT2D eigenvalue weighted by Gasteiger charge is 2.09. The standard InChI is InChI=1S/C16H16BrNO6S/c1-22-16(19)11-2-7-15(14(17)10-11)24-9-8-23-12-3-5-13(6-4-12)25(18,20)21/h2-7,10H,8-9H2,1H3,(H2,18,20,21). The highest BCUT2D eigenvalue weighted by Crippen LogP contribution is 2.26. The Labute approximate surface area is 153 Å². The van der Waals surface area contributed by atoms with E-state index in [-0.39, 0.29) is 18.1 Å². The minimum Gasteiger partial charge on any atom is -0.490 e. The number of ether oxygens (including phenoxy) is 3. The van der Waals surface area contributed by atoms with Gasteiger partial charge < -0.3 is 14.2 Å². The normalized spacial score (nSPS) is 11.0. The van der Waals surface area contributed by atoms with Gasteiger partial charge in [0.05, 0.1) is 22.0 Å². The Hall–Kier alpha value is -2.10. The number of hydrogen-bond acceptors (Lipinski definition) is 6. The molecule has 0 amide bonds. The van der Waals surface area contributed by atoms with Crippen LogP contribution in [0.15, 0.2) is 51.8 Å². The molecule has 25 heavy (non-hydrogen) atoms. The van der Waals surface area contributed by atoms with Gasteiger partial charge in [-0.05, 0) is 58.4 Å². The number of sulfonamides is 1. The number of esters is 1. The van der Waals surface area contributed by atoms with Crippen molar-refractivity contribution in [2.24, 2.45) is 5.14 Å². The summed E-state index contributed by atoms with van der Waals surface area (Å²) >= 11 is 3.33. The van der Waals surface area contributed by atoms with Gasteiger partial charge in [-0.1, -0.05) is 0 Å². The van der Waals surface area contributed by atoms with Gasteiger partial charge in [-0.15, -0.1) is 0 Å². The molecule has 2 rings (SSSR count). The third kappa shape index (κ3) is 5.45. The number of carbonyl (C=O) groups excluding carboxylic acids is 1. The van der Waals surface area contributed by atoms with Crippen molar-refractivity contribution in [3.8, 4) is 11.5 Å². The molecule has 0 aliphatic carbocycles.